The highest BCUT2D eigenvalue weighted by atomic mass is 32.2. The Kier molecular flexibility index (Phi) is 10.5. The second kappa shape index (κ2) is 16.9. The normalized spacial score (nSPS) is 14.7. The summed E-state index contributed by atoms with van der Waals surface area (Å²) in [6.07, 6.45) is 10.5. The number of nitrogens with zero attached hydrogens (tertiary/aromatic N) is 2. The van der Waals surface area contributed by atoms with Gasteiger partial charge in [0.1, 0.15) is 11.6 Å². The van der Waals surface area contributed by atoms with Gasteiger partial charge in [-0.05, 0) is 148 Å². The van der Waals surface area contributed by atoms with Gasteiger partial charge in [-0.15, -0.1) is 11.8 Å². The fourth-order valence-corrected chi connectivity index (χ4v) is 9.14. The summed E-state index contributed by atoms with van der Waals surface area (Å²) in [4.78, 5) is 3.43. The molecule has 5 heteroatoms. The number of anilines is 3. The van der Waals surface area contributed by atoms with Crippen LogP contribution in [-0.4, -0.2) is 10.3 Å². The van der Waals surface area contributed by atoms with E-state index in [0.717, 1.165) is 78.5 Å². The molecular formula is C57H40F2N2S. The SMILES string of the molecule is C=C1/C=C\C=C/CS/C(c2ccc3c(c2)c2cc(-c4ccc(N(c5ccc(-c6ccc(F)cc6)cc5)c5ccc(-c6ccc(F)cc6)cc5)cc4)ccc2n3-c2ccccc2)=C\1. The van der Waals surface area contributed by atoms with Crippen LogP contribution in [0.2, 0.25) is 0 Å². The second-order valence-electron chi connectivity index (χ2n) is 15.3. The summed E-state index contributed by atoms with van der Waals surface area (Å²) >= 11 is 1.82. The van der Waals surface area contributed by atoms with Gasteiger partial charge in [0.2, 0.25) is 0 Å². The van der Waals surface area contributed by atoms with Crippen LogP contribution >= 0.6 is 11.8 Å². The molecule has 10 rings (SSSR count). The fraction of sp³-hybridized carbons (Fsp3) is 0.0175. The highest BCUT2D eigenvalue weighted by molar-refractivity contribution is 8.08. The number of thioether (sulfide) groups is 1. The number of fused-ring (bicyclic) bond motifs is 3. The van der Waals surface area contributed by atoms with Crippen LogP contribution < -0.4 is 4.90 Å². The minimum atomic E-state index is -0.257. The standard InChI is InChI=1S/C57H40F2N2S/c1-39-8-4-3-7-35-62-57(36-39)46-22-34-56-54(38-46)53-37-45(21-33-55(53)61(56)49-9-5-2-6-10-49)44-19-31-52(32-20-44)60(50-27-15-42(16-28-50)40-11-23-47(58)24-12-40)51-29-17-43(18-30-51)41-13-25-48(59)26-14-41/h2-34,36-38H,1,35H2/b7-3-,8-4-,57-36-. The summed E-state index contributed by atoms with van der Waals surface area (Å²) in [6.45, 7) is 4.28. The lowest BCUT2D eigenvalue weighted by Gasteiger charge is -2.26. The smallest absolute Gasteiger partial charge is 0.123 e. The molecule has 9 aromatic rings. The van der Waals surface area contributed by atoms with Gasteiger partial charge in [-0.1, -0.05) is 122 Å². The van der Waals surface area contributed by atoms with Crippen molar-refractivity contribution in [1.29, 1.82) is 0 Å². The first-order valence-corrected chi connectivity index (χ1v) is 21.6. The summed E-state index contributed by atoms with van der Waals surface area (Å²) in [6, 6.07) is 62.7. The zero-order valence-corrected chi connectivity index (χ0v) is 34.6. The Balaban J connectivity index is 1.04. The van der Waals surface area contributed by atoms with Crippen LogP contribution in [0.3, 0.4) is 0 Å². The van der Waals surface area contributed by atoms with Gasteiger partial charge in [-0.2, -0.15) is 0 Å². The zero-order chi connectivity index (χ0) is 42.0. The first-order valence-electron chi connectivity index (χ1n) is 20.6. The van der Waals surface area contributed by atoms with Crippen molar-refractivity contribution in [2.75, 3.05) is 10.7 Å². The summed E-state index contributed by atoms with van der Waals surface area (Å²) in [5.74, 6) is 0.369. The first-order chi connectivity index (χ1) is 30.4. The monoisotopic (exact) mass is 822 g/mol. The van der Waals surface area contributed by atoms with Crippen molar-refractivity contribution in [3.63, 3.8) is 0 Å². The average Bonchev–Trinajstić information content (AvgIpc) is 3.69. The van der Waals surface area contributed by atoms with Gasteiger partial charge in [-0.25, -0.2) is 8.78 Å². The molecule has 1 aromatic heterocycles. The summed E-state index contributed by atoms with van der Waals surface area (Å²) < 4.78 is 29.8. The van der Waals surface area contributed by atoms with Gasteiger partial charge < -0.3 is 9.47 Å². The van der Waals surface area contributed by atoms with E-state index in [1.165, 1.54) is 45.5 Å². The first kappa shape index (κ1) is 38.7. The molecule has 0 radical (unpaired) electrons. The summed E-state index contributed by atoms with van der Waals surface area (Å²) in [5.41, 5.74) is 14.7. The molecule has 0 saturated carbocycles. The minimum Gasteiger partial charge on any atom is -0.311 e. The van der Waals surface area contributed by atoms with E-state index in [1.807, 2.05) is 17.8 Å². The lowest BCUT2D eigenvalue weighted by molar-refractivity contribution is 0.627. The van der Waals surface area contributed by atoms with E-state index >= 15 is 0 Å². The molecule has 2 nitrogen and oxygen atoms in total. The molecule has 0 atom stereocenters. The van der Waals surface area contributed by atoms with E-state index in [9.17, 15) is 8.78 Å². The van der Waals surface area contributed by atoms with Crippen molar-refractivity contribution < 1.29 is 8.78 Å². The van der Waals surface area contributed by atoms with Crippen LogP contribution in [0.4, 0.5) is 25.8 Å². The van der Waals surface area contributed by atoms with Crippen LogP contribution in [-0.2, 0) is 0 Å². The summed E-state index contributed by atoms with van der Waals surface area (Å²) in [7, 11) is 0. The molecule has 0 N–H and O–H groups in total. The third-order valence-electron chi connectivity index (χ3n) is 11.3. The predicted molar refractivity (Wildman–Crippen MR) is 260 cm³/mol. The van der Waals surface area contributed by atoms with Crippen molar-refractivity contribution in [1.82, 2.24) is 4.57 Å². The average molecular weight is 823 g/mol. The Bertz CT molecular complexity index is 3070. The Morgan fingerprint density at radius 2 is 0.903 bits per heavy atom. The third-order valence-corrected chi connectivity index (χ3v) is 12.4. The summed E-state index contributed by atoms with van der Waals surface area (Å²) in [5, 5.41) is 2.38. The highest BCUT2D eigenvalue weighted by Gasteiger charge is 2.17. The topological polar surface area (TPSA) is 8.17 Å². The van der Waals surface area contributed by atoms with Gasteiger partial charge in [0, 0.05) is 44.2 Å². The van der Waals surface area contributed by atoms with E-state index in [4.69, 9.17) is 0 Å². The number of aromatic nitrogens is 1. The number of rotatable bonds is 8. The lowest BCUT2D eigenvalue weighted by Crippen LogP contribution is -2.09. The molecule has 0 spiro atoms. The molecule has 0 fully saturated rings. The van der Waals surface area contributed by atoms with Gasteiger partial charge in [0.25, 0.3) is 0 Å². The van der Waals surface area contributed by atoms with Gasteiger partial charge >= 0.3 is 0 Å². The molecule has 0 bridgehead atoms. The van der Waals surface area contributed by atoms with Crippen molar-refractivity contribution in [3.05, 3.63) is 248 Å². The third kappa shape index (κ3) is 7.82. The number of halogens is 2. The van der Waals surface area contributed by atoms with Crippen LogP contribution in [0.5, 0.6) is 0 Å². The van der Waals surface area contributed by atoms with Crippen molar-refractivity contribution >= 4 is 55.5 Å². The van der Waals surface area contributed by atoms with Crippen LogP contribution in [0.15, 0.2) is 231 Å². The molecule has 62 heavy (non-hydrogen) atoms. The minimum absolute atomic E-state index is 0.257. The molecule has 0 unspecified atom stereocenters. The lowest BCUT2D eigenvalue weighted by atomic mass is 10.0. The molecule has 0 amide bonds. The number of benzene rings is 8. The van der Waals surface area contributed by atoms with Gasteiger partial charge in [0.05, 0.1) is 11.0 Å². The Hall–Kier alpha value is -7.47. The van der Waals surface area contributed by atoms with Gasteiger partial charge in [-0.3, -0.25) is 0 Å². The number of hydrogen-bond donors (Lipinski definition) is 0. The van der Waals surface area contributed by atoms with E-state index in [2.05, 4.69) is 180 Å². The Labute approximate surface area is 364 Å². The second-order valence-corrected chi connectivity index (χ2v) is 16.4. The maximum atomic E-state index is 13.7. The van der Waals surface area contributed by atoms with E-state index < -0.39 is 0 Å². The van der Waals surface area contributed by atoms with Crippen LogP contribution in [0.1, 0.15) is 5.56 Å². The number of allylic oxidation sites excluding steroid dienone is 5. The maximum absolute atomic E-state index is 13.7. The zero-order valence-electron chi connectivity index (χ0n) is 33.8. The van der Waals surface area contributed by atoms with Gasteiger partial charge in [0.15, 0.2) is 0 Å². The molecule has 298 valence electrons. The molecule has 2 heterocycles. The van der Waals surface area contributed by atoms with Crippen LogP contribution in [0.25, 0.3) is 65.8 Å². The van der Waals surface area contributed by atoms with E-state index in [1.54, 1.807) is 24.3 Å². The fourth-order valence-electron chi connectivity index (χ4n) is 8.23. The Morgan fingerprint density at radius 1 is 0.468 bits per heavy atom. The molecule has 1 aliphatic heterocycles. The largest absolute Gasteiger partial charge is 0.311 e. The van der Waals surface area contributed by atoms with Crippen LogP contribution in [0, 0.1) is 11.6 Å². The molecule has 0 aliphatic carbocycles. The van der Waals surface area contributed by atoms with E-state index in [0.29, 0.717) is 0 Å². The van der Waals surface area contributed by atoms with Crippen molar-refractivity contribution in [3.8, 4) is 39.1 Å². The van der Waals surface area contributed by atoms with E-state index in [-0.39, 0.29) is 11.6 Å². The maximum Gasteiger partial charge on any atom is 0.123 e. The molecule has 0 saturated heterocycles. The number of hydrogen-bond acceptors (Lipinski definition) is 2. The molecule has 8 aromatic carbocycles. The Morgan fingerprint density at radius 3 is 1.42 bits per heavy atom. The quantitative estimate of drug-likeness (QED) is 0.151. The van der Waals surface area contributed by atoms with Crippen molar-refractivity contribution in [2.45, 2.75) is 0 Å². The highest BCUT2D eigenvalue weighted by Crippen LogP contribution is 2.41. The number of para-hydroxylation sites is 1. The molecule has 1 aliphatic rings. The molecular weight excluding hydrogens is 783 g/mol. The predicted octanol–water partition coefficient (Wildman–Crippen LogP) is 16.3. The van der Waals surface area contributed by atoms with Crippen molar-refractivity contribution in [2.24, 2.45) is 0 Å².